The highest BCUT2D eigenvalue weighted by Crippen LogP contribution is 2.34. The fourth-order valence-electron chi connectivity index (χ4n) is 3.72. The SMILES string of the molecule is C=Cc1c(C(=C)N(CC)c2ccc(C)nc2)c(C)n(-c2ccccc2)c1C. The average molecular weight is 358 g/mol. The second-order valence-electron chi connectivity index (χ2n) is 6.68. The van der Waals surface area contributed by atoms with E-state index in [0.29, 0.717) is 0 Å². The molecule has 3 nitrogen and oxygen atoms in total. The second kappa shape index (κ2) is 7.67. The Balaban J connectivity index is 2.14. The first-order valence-electron chi connectivity index (χ1n) is 9.28. The van der Waals surface area contributed by atoms with E-state index in [0.717, 1.165) is 46.1 Å². The fourth-order valence-corrected chi connectivity index (χ4v) is 3.72. The van der Waals surface area contributed by atoms with Crippen LogP contribution in [0.1, 0.15) is 35.1 Å². The molecule has 0 aliphatic carbocycles. The van der Waals surface area contributed by atoms with Crippen molar-refractivity contribution in [3.05, 3.63) is 90.0 Å². The molecular weight excluding hydrogens is 330 g/mol. The number of nitrogens with zero attached hydrogens (tertiary/aromatic N) is 3. The molecule has 3 aromatic rings. The lowest BCUT2D eigenvalue weighted by Crippen LogP contribution is -2.21. The average Bonchev–Trinajstić information content (AvgIpc) is 2.94. The number of para-hydroxylation sites is 1. The van der Waals surface area contributed by atoms with E-state index in [1.807, 2.05) is 31.3 Å². The highest BCUT2D eigenvalue weighted by atomic mass is 15.1. The van der Waals surface area contributed by atoms with E-state index in [9.17, 15) is 0 Å². The summed E-state index contributed by atoms with van der Waals surface area (Å²) in [6, 6.07) is 14.5. The van der Waals surface area contributed by atoms with Crippen LogP contribution in [0.2, 0.25) is 0 Å². The van der Waals surface area contributed by atoms with E-state index in [2.05, 4.69) is 78.7 Å². The lowest BCUT2D eigenvalue weighted by atomic mass is 10.0. The van der Waals surface area contributed by atoms with Crippen molar-refractivity contribution >= 4 is 17.5 Å². The molecule has 0 fully saturated rings. The molecule has 0 saturated carbocycles. The van der Waals surface area contributed by atoms with Crippen molar-refractivity contribution < 1.29 is 0 Å². The van der Waals surface area contributed by atoms with Gasteiger partial charge in [0.2, 0.25) is 0 Å². The van der Waals surface area contributed by atoms with E-state index in [1.54, 1.807) is 0 Å². The van der Waals surface area contributed by atoms with Crippen LogP contribution in [0, 0.1) is 20.8 Å². The smallest absolute Gasteiger partial charge is 0.0597 e. The van der Waals surface area contributed by atoms with Crippen LogP contribution in [0.3, 0.4) is 0 Å². The van der Waals surface area contributed by atoms with Crippen LogP contribution in [0.4, 0.5) is 5.69 Å². The Morgan fingerprint density at radius 2 is 1.78 bits per heavy atom. The van der Waals surface area contributed by atoms with Crippen LogP contribution >= 0.6 is 0 Å². The summed E-state index contributed by atoms with van der Waals surface area (Å²) >= 11 is 0. The van der Waals surface area contributed by atoms with Gasteiger partial charge in [0.25, 0.3) is 0 Å². The highest BCUT2D eigenvalue weighted by molar-refractivity contribution is 5.85. The molecule has 0 spiro atoms. The van der Waals surface area contributed by atoms with Gasteiger partial charge in [-0.3, -0.25) is 4.98 Å². The number of hydrogen-bond acceptors (Lipinski definition) is 2. The number of hydrogen-bond donors (Lipinski definition) is 0. The van der Waals surface area contributed by atoms with Gasteiger partial charge in [-0.05, 0) is 52.0 Å². The van der Waals surface area contributed by atoms with Crippen molar-refractivity contribution in [1.82, 2.24) is 9.55 Å². The van der Waals surface area contributed by atoms with Crippen LogP contribution in [0.5, 0.6) is 0 Å². The predicted molar refractivity (Wildman–Crippen MR) is 116 cm³/mol. The monoisotopic (exact) mass is 357 g/mol. The molecular formula is C24H27N3. The van der Waals surface area contributed by atoms with Gasteiger partial charge in [0.1, 0.15) is 0 Å². The summed E-state index contributed by atoms with van der Waals surface area (Å²) in [5.74, 6) is 0. The minimum absolute atomic E-state index is 0.815. The molecule has 138 valence electrons. The summed E-state index contributed by atoms with van der Waals surface area (Å²) in [6.07, 6.45) is 3.84. The fraction of sp³-hybridized carbons (Fsp3) is 0.208. The van der Waals surface area contributed by atoms with Crippen LogP contribution in [0.25, 0.3) is 17.5 Å². The Morgan fingerprint density at radius 1 is 1.07 bits per heavy atom. The van der Waals surface area contributed by atoms with E-state index in [1.165, 1.54) is 5.69 Å². The van der Waals surface area contributed by atoms with Gasteiger partial charge in [-0.15, -0.1) is 0 Å². The summed E-state index contributed by atoms with van der Waals surface area (Å²) in [4.78, 5) is 6.66. The Hall–Kier alpha value is -3.07. The van der Waals surface area contributed by atoms with Gasteiger partial charge in [-0.2, -0.15) is 0 Å². The first-order valence-corrected chi connectivity index (χ1v) is 9.28. The molecule has 3 rings (SSSR count). The van der Waals surface area contributed by atoms with Crippen LogP contribution < -0.4 is 4.90 Å². The molecule has 0 atom stereocenters. The van der Waals surface area contributed by atoms with Crippen LogP contribution in [-0.4, -0.2) is 16.1 Å². The highest BCUT2D eigenvalue weighted by Gasteiger charge is 2.22. The third kappa shape index (κ3) is 3.33. The molecule has 0 bridgehead atoms. The van der Waals surface area contributed by atoms with Gasteiger partial charge in [-0.1, -0.05) is 37.4 Å². The zero-order chi connectivity index (χ0) is 19.6. The van der Waals surface area contributed by atoms with Gasteiger partial charge < -0.3 is 9.47 Å². The van der Waals surface area contributed by atoms with E-state index in [-0.39, 0.29) is 0 Å². The van der Waals surface area contributed by atoms with Crippen molar-refractivity contribution in [1.29, 1.82) is 0 Å². The Labute approximate surface area is 162 Å². The van der Waals surface area contributed by atoms with Gasteiger partial charge in [0.05, 0.1) is 11.9 Å². The molecule has 0 aliphatic rings. The molecule has 2 aromatic heterocycles. The number of anilines is 1. The molecule has 2 heterocycles. The molecule has 3 heteroatoms. The minimum atomic E-state index is 0.815. The molecule has 0 saturated heterocycles. The summed E-state index contributed by atoms with van der Waals surface area (Å²) in [5, 5.41) is 0. The van der Waals surface area contributed by atoms with Crippen LogP contribution in [0.15, 0.2) is 61.8 Å². The van der Waals surface area contributed by atoms with Crippen molar-refractivity contribution in [2.75, 3.05) is 11.4 Å². The lowest BCUT2D eigenvalue weighted by Gasteiger charge is -2.26. The Bertz CT molecular complexity index is 963. The Kier molecular flexibility index (Phi) is 5.31. The van der Waals surface area contributed by atoms with Crippen LogP contribution in [-0.2, 0) is 0 Å². The van der Waals surface area contributed by atoms with Gasteiger partial charge >= 0.3 is 0 Å². The molecule has 27 heavy (non-hydrogen) atoms. The number of pyridine rings is 1. The number of aromatic nitrogens is 2. The zero-order valence-electron chi connectivity index (χ0n) is 16.7. The van der Waals surface area contributed by atoms with E-state index >= 15 is 0 Å². The molecule has 0 radical (unpaired) electrons. The molecule has 0 aliphatic heterocycles. The largest absolute Gasteiger partial charge is 0.340 e. The van der Waals surface area contributed by atoms with Gasteiger partial charge in [-0.25, -0.2) is 0 Å². The predicted octanol–water partition coefficient (Wildman–Crippen LogP) is 5.94. The molecule has 1 aromatic carbocycles. The van der Waals surface area contributed by atoms with Gasteiger partial charge in [0.15, 0.2) is 0 Å². The number of aryl methyl sites for hydroxylation is 1. The summed E-state index contributed by atoms with van der Waals surface area (Å²) < 4.78 is 2.28. The van der Waals surface area contributed by atoms with E-state index in [4.69, 9.17) is 0 Å². The number of rotatable bonds is 6. The minimum Gasteiger partial charge on any atom is -0.340 e. The first-order chi connectivity index (χ1) is 13.0. The lowest BCUT2D eigenvalue weighted by molar-refractivity contribution is 0.958. The maximum atomic E-state index is 4.45. The third-order valence-electron chi connectivity index (χ3n) is 5.05. The Morgan fingerprint density at radius 3 is 2.33 bits per heavy atom. The standard InChI is InChI=1S/C24H27N3/c1-7-23-18(4)27(21-12-10-9-11-13-21)20(6)24(23)19(5)26(8-2)22-15-14-17(3)25-16-22/h7,9-16H,1,5,8H2,2-4,6H3. The quantitative estimate of drug-likeness (QED) is 0.544. The van der Waals surface area contributed by atoms with Gasteiger partial charge in [0, 0.05) is 46.1 Å². The van der Waals surface area contributed by atoms with Crippen molar-refractivity contribution in [2.24, 2.45) is 0 Å². The molecule has 0 amide bonds. The molecule has 0 N–H and O–H groups in total. The van der Waals surface area contributed by atoms with E-state index < -0.39 is 0 Å². The molecule has 0 unspecified atom stereocenters. The first kappa shape index (κ1) is 18.7. The van der Waals surface area contributed by atoms with Crippen molar-refractivity contribution in [3.63, 3.8) is 0 Å². The summed E-state index contributed by atoms with van der Waals surface area (Å²) in [7, 11) is 0. The number of benzene rings is 1. The summed E-state index contributed by atoms with van der Waals surface area (Å²) in [6.45, 7) is 17.7. The second-order valence-corrected chi connectivity index (χ2v) is 6.68. The summed E-state index contributed by atoms with van der Waals surface area (Å²) in [5.41, 5.74) is 8.76. The maximum Gasteiger partial charge on any atom is 0.0597 e. The third-order valence-corrected chi connectivity index (χ3v) is 5.05. The topological polar surface area (TPSA) is 21.1 Å². The van der Waals surface area contributed by atoms with Crippen molar-refractivity contribution in [3.8, 4) is 5.69 Å². The zero-order valence-corrected chi connectivity index (χ0v) is 16.7. The normalized spacial score (nSPS) is 10.7. The maximum absolute atomic E-state index is 4.45. The van der Waals surface area contributed by atoms with Crippen molar-refractivity contribution in [2.45, 2.75) is 27.7 Å².